The van der Waals surface area contributed by atoms with Crippen LogP contribution in [0.1, 0.15) is 33.6 Å². The Morgan fingerprint density at radius 2 is 1.83 bits per heavy atom. The summed E-state index contributed by atoms with van der Waals surface area (Å²) >= 11 is 0. The van der Waals surface area contributed by atoms with Crippen molar-refractivity contribution in [2.45, 2.75) is 45.3 Å². The lowest BCUT2D eigenvalue weighted by atomic mass is 9.89. The maximum atomic E-state index is 11.9. The van der Waals surface area contributed by atoms with E-state index < -0.39 is 6.08 Å². The predicted octanol–water partition coefficient (Wildman–Crippen LogP) is 3.11. The molecule has 0 unspecified atom stereocenters. The van der Waals surface area contributed by atoms with Gasteiger partial charge in [-0.3, -0.25) is 0 Å². The normalized spacial score (nSPS) is 23.8. The summed E-state index contributed by atoms with van der Waals surface area (Å²) in [5.74, 6) is 0. The molecule has 1 saturated carbocycles. The number of rotatable bonds is 1. The van der Waals surface area contributed by atoms with Crippen LogP contribution in [0.15, 0.2) is 11.7 Å². The molecule has 1 rings (SSSR count). The Labute approximate surface area is 71.4 Å². The summed E-state index contributed by atoms with van der Waals surface area (Å²) in [6.45, 7) is 5.79. The topological polar surface area (TPSA) is 9.23 Å². The van der Waals surface area contributed by atoms with Gasteiger partial charge < -0.3 is 4.74 Å². The number of ether oxygens (including phenoxy) is 1. The molecule has 1 aliphatic carbocycles. The lowest BCUT2D eigenvalue weighted by molar-refractivity contribution is -0.0767. The summed E-state index contributed by atoms with van der Waals surface area (Å²) in [4.78, 5) is 0. The van der Waals surface area contributed by atoms with Crippen LogP contribution in [-0.2, 0) is 4.74 Å². The van der Waals surface area contributed by atoms with Gasteiger partial charge in [-0.25, -0.2) is 0 Å². The first-order valence-electron chi connectivity index (χ1n) is 4.09. The van der Waals surface area contributed by atoms with E-state index in [2.05, 4.69) is 0 Å². The van der Waals surface area contributed by atoms with Gasteiger partial charge in [0.2, 0.25) is 0 Å². The van der Waals surface area contributed by atoms with Crippen molar-refractivity contribution >= 4 is 0 Å². The van der Waals surface area contributed by atoms with Gasteiger partial charge in [0, 0.05) is 18.4 Å². The van der Waals surface area contributed by atoms with Crippen molar-refractivity contribution in [3.8, 4) is 0 Å². The van der Waals surface area contributed by atoms with Crippen molar-refractivity contribution in [1.82, 2.24) is 0 Å². The van der Waals surface area contributed by atoms with E-state index in [-0.39, 0.29) is 17.3 Å². The molecule has 1 fully saturated rings. The van der Waals surface area contributed by atoms with Crippen molar-refractivity contribution in [2.24, 2.45) is 0 Å². The number of halogens is 2. The van der Waals surface area contributed by atoms with Crippen molar-refractivity contribution in [2.75, 3.05) is 0 Å². The Balaban J connectivity index is 2.32. The van der Waals surface area contributed by atoms with Crippen LogP contribution in [0.2, 0.25) is 0 Å². The van der Waals surface area contributed by atoms with Crippen molar-refractivity contribution in [3.05, 3.63) is 11.7 Å². The first-order valence-corrected chi connectivity index (χ1v) is 4.09. The first-order chi connectivity index (χ1) is 5.38. The summed E-state index contributed by atoms with van der Waals surface area (Å²) in [7, 11) is 0. The molecule has 1 aliphatic rings. The fraction of sp³-hybridized carbons (Fsp3) is 0.778. The Morgan fingerprint density at radius 3 is 2.17 bits per heavy atom. The highest BCUT2D eigenvalue weighted by Crippen LogP contribution is 2.35. The van der Waals surface area contributed by atoms with Gasteiger partial charge in [-0.2, -0.15) is 8.78 Å². The van der Waals surface area contributed by atoms with Gasteiger partial charge in [-0.1, -0.05) is 0 Å². The predicted molar refractivity (Wildman–Crippen MR) is 43.1 cm³/mol. The smallest absolute Gasteiger partial charge is 0.269 e. The molecule has 0 aromatic carbocycles. The molecule has 12 heavy (non-hydrogen) atoms. The molecule has 0 aromatic rings. The maximum absolute atomic E-state index is 11.9. The highest BCUT2D eigenvalue weighted by Gasteiger charge is 2.30. The van der Waals surface area contributed by atoms with Crippen molar-refractivity contribution in [1.29, 1.82) is 0 Å². The molecule has 0 atom stereocenters. The zero-order valence-electron chi connectivity index (χ0n) is 7.66. The van der Waals surface area contributed by atoms with E-state index in [0.29, 0.717) is 12.8 Å². The number of hydrogen-bond donors (Lipinski definition) is 0. The third kappa shape index (κ3) is 2.55. The second-order valence-corrected chi connectivity index (χ2v) is 4.12. The quantitative estimate of drug-likeness (QED) is 0.596. The van der Waals surface area contributed by atoms with Gasteiger partial charge in [0.1, 0.15) is 0 Å². The first kappa shape index (κ1) is 9.65. The second kappa shape index (κ2) is 3.13. The molecule has 70 valence electrons. The molecule has 3 heteroatoms. The fourth-order valence-electron chi connectivity index (χ4n) is 1.23. The van der Waals surface area contributed by atoms with Crippen LogP contribution in [0.25, 0.3) is 0 Å². The SMILES string of the molecule is CC(C)(C)OC1CC(=C(F)F)C1. The highest BCUT2D eigenvalue weighted by atomic mass is 19.3. The highest BCUT2D eigenvalue weighted by molar-refractivity contribution is 5.14. The van der Waals surface area contributed by atoms with E-state index >= 15 is 0 Å². The second-order valence-electron chi connectivity index (χ2n) is 4.12. The Bertz CT molecular complexity index is 191. The molecular formula is C9H14F2O. The van der Waals surface area contributed by atoms with Crippen LogP contribution in [0.5, 0.6) is 0 Å². The van der Waals surface area contributed by atoms with Crippen LogP contribution in [-0.4, -0.2) is 11.7 Å². The molecule has 0 aromatic heterocycles. The zero-order valence-corrected chi connectivity index (χ0v) is 7.66. The summed E-state index contributed by atoms with van der Waals surface area (Å²) in [6, 6.07) is 0. The van der Waals surface area contributed by atoms with Gasteiger partial charge in [0.05, 0.1) is 11.7 Å². The monoisotopic (exact) mass is 176 g/mol. The number of hydrogen-bond acceptors (Lipinski definition) is 1. The fourth-order valence-corrected chi connectivity index (χ4v) is 1.23. The molecule has 0 spiro atoms. The minimum Gasteiger partial charge on any atom is -0.372 e. The average molecular weight is 176 g/mol. The molecule has 1 nitrogen and oxygen atoms in total. The van der Waals surface area contributed by atoms with Crippen molar-refractivity contribution < 1.29 is 13.5 Å². The third-order valence-corrected chi connectivity index (χ3v) is 1.74. The molecule has 0 saturated heterocycles. The van der Waals surface area contributed by atoms with Crippen LogP contribution in [0.4, 0.5) is 8.78 Å². The van der Waals surface area contributed by atoms with Crippen LogP contribution < -0.4 is 0 Å². The molecule has 0 radical (unpaired) electrons. The summed E-state index contributed by atoms with van der Waals surface area (Å²) in [5, 5.41) is 0. The van der Waals surface area contributed by atoms with Gasteiger partial charge in [-0.15, -0.1) is 0 Å². The van der Waals surface area contributed by atoms with Crippen LogP contribution in [0, 0.1) is 0 Å². The minimum atomic E-state index is -1.52. The standard InChI is InChI=1S/C9H14F2O/c1-9(2,3)12-7-4-6(5-7)8(10)11/h7H,4-5H2,1-3H3. The molecule has 0 heterocycles. The summed E-state index contributed by atoms with van der Waals surface area (Å²) in [6.07, 6.45) is -0.718. The van der Waals surface area contributed by atoms with Gasteiger partial charge >= 0.3 is 0 Å². The van der Waals surface area contributed by atoms with E-state index in [0.717, 1.165) is 0 Å². The summed E-state index contributed by atoms with van der Waals surface area (Å²) in [5.41, 5.74) is 0.0347. The van der Waals surface area contributed by atoms with E-state index in [1.54, 1.807) is 0 Å². The van der Waals surface area contributed by atoms with Gasteiger partial charge in [0.15, 0.2) is 0 Å². The van der Waals surface area contributed by atoms with E-state index in [4.69, 9.17) is 4.74 Å². The molecule has 0 aliphatic heterocycles. The van der Waals surface area contributed by atoms with E-state index in [1.807, 2.05) is 20.8 Å². The lowest BCUT2D eigenvalue weighted by Crippen LogP contribution is -2.33. The molecular weight excluding hydrogens is 162 g/mol. The zero-order chi connectivity index (χ0) is 9.35. The van der Waals surface area contributed by atoms with E-state index in [1.165, 1.54) is 0 Å². The van der Waals surface area contributed by atoms with Crippen molar-refractivity contribution in [3.63, 3.8) is 0 Å². The van der Waals surface area contributed by atoms with Crippen LogP contribution >= 0.6 is 0 Å². The Kier molecular flexibility index (Phi) is 2.52. The Morgan fingerprint density at radius 1 is 1.33 bits per heavy atom. The average Bonchev–Trinajstić information content (AvgIpc) is 1.74. The van der Waals surface area contributed by atoms with Crippen LogP contribution in [0.3, 0.4) is 0 Å². The van der Waals surface area contributed by atoms with E-state index in [9.17, 15) is 8.78 Å². The largest absolute Gasteiger partial charge is 0.372 e. The Hall–Kier alpha value is -0.440. The van der Waals surface area contributed by atoms with Gasteiger partial charge in [-0.05, 0) is 20.8 Å². The third-order valence-electron chi connectivity index (χ3n) is 1.74. The van der Waals surface area contributed by atoms with Gasteiger partial charge in [0.25, 0.3) is 6.08 Å². The molecule has 0 bridgehead atoms. The summed E-state index contributed by atoms with van der Waals surface area (Å²) < 4.78 is 29.3. The minimum absolute atomic E-state index is 0.00139. The molecule has 0 N–H and O–H groups in total. The lowest BCUT2D eigenvalue weighted by Gasteiger charge is -2.34. The maximum Gasteiger partial charge on any atom is 0.269 e. The molecule has 0 amide bonds.